The molecule has 0 radical (unpaired) electrons. The van der Waals surface area contributed by atoms with Gasteiger partial charge >= 0.3 is 0 Å². The van der Waals surface area contributed by atoms with Crippen LogP contribution in [0.15, 0.2) is 52.0 Å². The third kappa shape index (κ3) is 3.43. The van der Waals surface area contributed by atoms with E-state index < -0.39 is 10.0 Å². The summed E-state index contributed by atoms with van der Waals surface area (Å²) in [5, 5.41) is 9.80. The lowest BCUT2D eigenvalue weighted by Gasteiger charge is -2.10. The number of aryl methyl sites for hydroxylation is 2. The summed E-state index contributed by atoms with van der Waals surface area (Å²) in [7, 11) is -3.67. The summed E-state index contributed by atoms with van der Waals surface area (Å²) in [4.78, 5) is 0.183. The van der Waals surface area contributed by atoms with Gasteiger partial charge in [0.1, 0.15) is 10.7 Å². The summed E-state index contributed by atoms with van der Waals surface area (Å²) in [5.74, 6) is 0.825. The van der Waals surface area contributed by atoms with Gasteiger partial charge in [0.15, 0.2) is 0 Å². The molecule has 0 aliphatic heterocycles. The van der Waals surface area contributed by atoms with Gasteiger partial charge in [0.25, 0.3) is 10.0 Å². The molecule has 1 aromatic carbocycles. The fraction of sp³-hybridized carbons (Fsp3) is 0.188. The number of benzene rings is 1. The molecule has 2 heterocycles. The molecule has 0 atom stereocenters. The van der Waals surface area contributed by atoms with E-state index >= 15 is 0 Å². The quantitative estimate of drug-likeness (QED) is 0.637. The van der Waals surface area contributed by atoms with E-state index in [1.807, 2.05) is 12.1 Å². The Morgan fingerprint density at radius 3 is 2.42 bits per heavy atom. The number of anilines is 2. The van der Waals surface area contributed by atoms with Gasteiger partial charge in [0, 0.05) is 11.4 Å². The van der Waals surface area contributed by atoms with Gasteiger partial charge in [-0.3, -0.25) is 9.82 Å². The number of aromatic nitrogens is 2. The Hall–Kier alpha value is -2.74. The lowest BCUT2D eigenvalue weighted by molar-refractivity contribution is 0.518. The van der Waals surface area contributed by atoms with Crippen molar-refractivity contribution in [2.24, 2.45) is 0 Å². The number of aromatic amines is 1. The van der Waals surface area contributed by atoms with Crippen molar-refractivity contribution in [1.29, 1.82) is 0 Å². The second-order valence-electron chi connectivity index (χ2n) is 5.38. The zero-order valence-electron chi connectivity index (χ0n) is 13.3. The number of rotatable bonds is 6. The third-order valence-corrected chi connectivity index (χ3v) is 5.16. The van der Waals surface area contributed by atoms with Crippen molar-refractivity contribution in [3.63, 3.8) is 0 Å². The predicted octanol–water partition coefficient (Wildman–Crippen LogP) is 3.03. The highest BCUT2D eigenvalue weighted by molar-refractivity contribution is 7.92. The molecule has 126 valence electrons. The second-order valence-corrected chi connectivity index (χ2v) is 7.00. The molecule has 0 aliphatic carbocycles. The number of sulfonamides is 1. The highest BCUT2D eigenvalue weighted by atomic mass is 32.2. The fourth-order valence-corrected chi connectivity index (χ4v) is 3.83. The van der Waals surface area contributed by atoms with Crippen LogP contribution in [0.2, 0.25) is 0 Å². The SMILES string of the molecule is Cc1n[nH]c(C)c1S(=O)(=O)Nc1ccc(NCc2ccco2)cc1. The minimum Gasteiger partial charge on any atom is -0.467 e. The first kappa shape index (κ1) is 16.1. The Kier molecular flexibility index (Phi) is 4.30. The minimum absolute atomic E-state index is 0.183. The van der Waals surface area contributed by atoms with E-state index in [1.165, 1.54) is 0 Å². The van der Waals surface area contributed by atoms with Gasteiger partial charge in [-0.2, -0.15) is 5.10 Å². The molecular formula is C16H18N4O3S. The Morgan fingerprint density at radius 2 is 1.83 bits per heavy atom. The summed E-state index contributed by atoms with van der Waals surface area (Å²) < 4.78 is 32.8. The molecule has 0 saturated carbocycles. The van der Waals surface area contributed by atoms with E-state index in [0.29, 0.717) is 23.6 Å². The molecule has 3 rings (SSSR count). The Morgan fingerprint density at radius 1 is 1.12 bits per heavy atom. The van der Waals surface area contributed by atoms with E-state index in [2.05, 4.69) is 20.2 Å². The molecule has 0 amide bonds. The van der Waals surface area contributed by atoms with Crippen LogP contribution in [0.3, 0.4) is 0 Å². The van der Waals surface area contributed by atoms with Gasteiger partial charge in [-0.05, 0) is 50.2 Å². The van der Waals surface area contributed by atoms with Crippen molar-refractivity contribution >= 4 is 21.4 Å². The van der Waals surface area contributed by atoms with Crippen LogP contribution in [-0.2, 0) is 16.6 Å². The normalized spacial score (nSPS) is 11.4. The maximum atomic E-state index is 12.5. The van der Waals surface area contributed by atoms with Crippen molar-refractivity contribution in [3.05, 3.63) is 59.8 Å². The van der Waals surface area contributed by atoms with Crippen LogP contribution in [0, 0.1) is 13.8 Å². The van der Waals surface area contributed by atoms with Crippen molar-refractivity contribution in [2.75, 3.05) is 10.0 Å². The fourth-order valence-electron chi connectivity index (χ4n) is 2.40. The Labute approximate surface area is 140 Å². The average Bonchev–Trinajstić information content (AvgIpc) is 3.16. The maximum absolute atomic E-state index is 12.5. The van der Waals surface area contributed by atoms with Crippen LogP contribution in [-0.4, -0.2) is 18.6 Å². The first-order valence-corrected chi connectivity index (χ1v) is 8.85. The van der Waals surface area contributed by atoms with Gasteiger partial charge in [-0.1, -0.05) is 0 Å². The highest BCUT2D eigenvalue weighted by Gasteiger charge is 2.22. The monoisotopic (exact) mass is 346 g/mol. The number of H-pyrrole nitrogens is 1. The second kappa shape index (κ2) is 6.40. The summed E-state index contributed by atoms with van der Waals surface area (Å²) in [6, 6.07) is 10.7. The Balaban J connectivity index is 1.70. The maximum Gasteiger partial charge on any atom is 0.265 e. The molecule has 3 aromatic rings. The van der Waals surface area contributed by atoms with Gasteiger partial charge < -0.3 is 9.73 Å². The highest BCUT2D eigenvalue weighted by Crippen LogP contribution is 2.22. The lowest BCUT2D eigenvalue weighted by Crippen LogP contribution is -2.14. The van der Waals surface area contributed by atoms with Crippen molar-refractivity contribution in [1.82, 2.24) is 10.2 Å². The number of hydrogen-bond acceptors (Lipinski definition) is 5. The van der Waals surface area contributed by atoms with E-state index in [4.69, 9.17) is 4.42 Å². The number of hydrogen-bond donors (Lipinski definition) is 3. The molecule has 0 unspecified atom stereocenters. The first-order valence-electron chi connectivity index (χ1n) is 7.36. The summed E-state index contributed by atoms with van der Waals surface area (Å²) in [6.07, 6.45) is 1.62. The van der Waals surface area contributed by atoms with E-state index in [1.54, 1.807) is 44.4 Å². The summed E-state index contributed by atoms with van der Waals surface area (Å²) in [5.41, 5.74) is 2.30. The molecule has 2 aromatic heterocycles. The third-order valence-electron chi connectivity index (χ3n) is 3.51. The van der Waals surface area contributed by atoms with Gasteiger partial charge in [0.2, 0.25) is 0 Å². The smallest absolute Gasteiger partial charge is 0.265 e. The molecular weight excluding hydrogens is 328 g/mol. The van der Waals surface area contributed by atoms with Crippen LogP contribution in [0.5, 0.6) is 0 Å². The van der Waals surface area contributed by atoms with Crippen molar-refractivity contribution in [2.45, 2.75) is 25.3 Å². The number of nitrogens with one attached hydrogen (secondary N) is 3. The van der Waals surface area contributed by atoms with E-state index in [0.717, 1.165) is 11.4 Å². The van der Waals surface area contributed by atoms with Gasteiger partial charge in [-0.15, -0.1) is 0 Å². The van der Waals surface area contributed by atoms with Gasteiger partial charge in [-0.25, -0.2) is 8.42 Å². The van der Waals surface area contributed by atoms with Crippen LogP contribution in [0.25, 0.3) is 0 Å². The van der Waals surface area contributed by atoms with E-state index in [9.17, 15) is 8.42 Å². The Bertz CT molecular complexity index is 893. The molecule has 0 saturated heterocycles. The lowest BCUT2D eigenvalue weighted by atomic mass is 10.3. The van der Waals surface area contributed by atoms with E-state index in [-0.39, 0.29) is 4.90 Å². The average molecular weight is 346 g/mol. The minimum atomic E-state index is -3.67. The molecule has 0 bridgehead atoms. The predicted molar refractivity (Wildman–Crippen MR) is 91.3 cm³/mol. The summed E-state index contributed by atoms with van der Waals surface area (Å²) >= 11 is 0. The largest absolute Gasteiger partial charge is 0.467 e. The molecule has 8 heteroatoms. The zero-order chi connectivity index (χ0) is 17.2. The van der Waals surface area contributed by atoms with Crippen molar-refractivity contribution in [3.8, 4) is 0 Å². The standard InChI is InChI=1S/C16H18N4O3S/c1-11-16(12(2)19-18-11)24(21,22)20-14-7-5-13(6-8-14)17-10-15-4-3-9-23-15/h3-9,17,20H,10H2,1-2H3,(H,18,19). The number of nitrogens with zero attached hydrogens (tertiary/aromatic N) is 1. The molecule has 3 N–H and O–H groups in total. The zero-order valence-corrected chi connectivity index (χ0v) is 14.1. The molecule has 0 spiro atoms. The van der Waals surface area contributed by atoms with Crippen LogP contribution < -0.4 is 10.0 Å². The number of furan rings is 1. The van der Waals surface area contributed by atoms with Crippen LogP contribution >= 0.6 is 0 Å². The van der Waals surface area contributed by atoms with Crippen LogP contribution in [0.4, 0.5) is 11.4 Å². The first-order chi connectivity index (χ1) is 11.5. The molecule has 0 fully saturated rings. The molecule has 7 nitrogen and oxygen atoms in total. The molecule has 0 aliphatic rings. The topological polar surface area (TPSA) is 100 Å². The van der Waals surface area contributed by atoms with Crippen LogP contribution in [0.1, 0.15) is 17.1 Å². The van der Waals surface area contributed by atoms with Crippen molar-refractivity contribution < 1.29 is 12.8 Å². The summed E-state index contributed by atoms with van der Waals surface area (Å²) in [6.45, 7) is 3.89. The molecule has 24 heavy (non-hydrogen) atoms. The van der Waals surface area contributed by atoms with Gasteiger partial charge in [0.05, 0.1) is 24.2 Å².